The second-order valence-electron chi connectivity index (χ2n) is 4.06. The maximum absolute atomic E-state index is 11.5. The van der Waals surface area contributed by atoms with Gasteiger partial charge < -0.3 is 15.7 Å². The molecule has 0 heterocycles. The van der Waals surface area contributed by atoms with Crippen LogP contribution in [0.25, 0.3) is 0 Å². The van der Waals surface area contributed by atoms with Gasteiger partial charge in [0.15, 0.2) is 0 Å². The molecule has 5 nitrogen and oxygen atoms in total. The Balaban J connectivity index is 2.52. The summed E-state index contributed by atoms with van der Waals surface area (Å²) in [6, 6.07) is 5.11. The third-order valence-electron chi connectivity index (χ3n) is 2.36. The number of amides is 2. The Hall–Kier alpha value is -1.56. The lowest BCUT2D eigenvalue weighted by Crippen LogP contribution is -2.34. The quantitative estimate of drug-likeness (QED) is 0.799. The van der Waals surface area contributed by atoms with Crippen LogP contribution in [0.3, 0.4) is 0 Å². The van der Waals surface area contributed by atoms with Crippen molar-refractivity contribution in [1.29, 1.82) is 0 Å². The number of carbonyl (C=O) groups is 2. The Morgan fingerprint density at radius 2 is 2.11 bits per heavy atom. The minimum atomic E-state index is -0.938. The van der Waals surface area contributed by atoms with E-state index in [0.29, 0.717) is 5.69 Å². The van der Waals surface area contributed by atoms with Gasteiger partial charge in [-0.1, -0.05) is 13.0 Å². The number of urea groups is 1. The molecule has 98 valence electrons. The number of halogens is 1. The fourth-order valence-corrected chi connectivity index (χ4v) is 1.81. The topological polar surface area (TPSA) is 78.4 Å². The smallest absolute Gasteiger partial charge is 0.319 e. The van der Waals surface area contributed by atoms with Crippen LogP contribution in [0, 0.1) is 12.8 Å². The lowest BCUT2D eigenvalue weighted by Gasteiger charge is -2.11. The average Bonchev–Trinajstić information content (AvgIpc) is 2.29. The molecule has 0 saturated carbocycles. The largest absolute Gasteiger partial charge is 0.481 e. The van der Waals surface area contributed by atoms with E-state index in [1.54, 1.807) is 6.07 Å². The van der Waals surface area contributed by atoms with Crippen LogP contribution >= 0.6 is 15.9 Å². The first-order valence-corrected chi connectivity index (χ1v) is 6.23. The van der Waals surface area contributed by atoms with Crippen molar-refractivity contribution in [3.8, 4) is 0 Å². The SMILES string of the molecule is Cc1ccc(NC(=O)NCC(C)C(=O)O)c(Br)c1. The third-order valence-corrected chi connectivity index (χ3v) is 3.02. The zero-order valence-corrected chi connectivity index (χ0v) is 11.7. The van der Waals surface area contributed by atoms with Gasteiger partial charge in [-0.25, -0.2) is 4.79 Å². The van der Waals surface area contributed by atoms with Gasteiger partial charge in [0, 0.05) is 11.0 Å². The average molecular weight is 315 g/mol. The van der Waals surface area contributed by atoms with Crippen molar-refractivity contribution >= 4 is 33.6 Å². The van der Waals surface area contributed by atoms with Crippen molar-refractivity contribution in [2.75, 3.05) is 11.9 Å². The van der Waals surface area contributed by atoms with Crippen LogP contribution in [-0.2, 0) is 4.79 Å². The number of carboxylic acids is 1. The van der Waals surface area contributed by atoms with E-state index < -0.39 is 17.9 Å². The zero-order chi connectivity index (χ0) is 13.7. The number of nitrogens with one attached hydrogen (secondary N) is 2. The van der Waals surface area contributed by atoms with Crippen LogP contribution in [0.1, 0.15) is 12.5 Å². The summed E-state index contributed by atoms with van der Waals surface area (Å²) in [6.07, 6.45) is 0. The van der Waals surface area contributed by atoms with E-state index in [-0.39, 0.29) is 6.54 Å². The van der Waals surface area contributed by atoms with Crippen molar-refractivity contribution in [2.45, 2.75) is 13.8 Å². The first kappa shape index (κ1) is 14.5. The Morgan fingerprint density at radius 3 is 2.67 bits per heavy atom. The van der Waals surface area contributed by atoms with Crippen molar-refractivity contribution in [3.05, 3.63) is 28.2 Å². The summed E-state index contributed by atoms with van der Waals surface area (Å²) in [5.41, 5.74) is 1.72. The van der Waals surface area contributed by atoms with E-state index in [0.717, 1.165) is 10.0 Å². The third kappa shape index (κ3) is 4.37. The first-order chi connectivity index (χ1) is 8.40. The second-order valence-corrected chi connectivity index (χ2v) is 4.91. The molecular weight excluding hydrogens is 300 g/mol. The molecule has 1 aromatic carbocycles. The number of aliphatic carboxylic acids is 1. The molecule has 0 spiro atoms. The van der Waals surface area contributed by atoms with Crippen LogP contribution < -0.4 is 10.6 Å². The van der Waals surface area contributed by atoms with Crippen LogP contribution in [0.5, 0.6) is 0 Å². The summed E-state index contributed by atoms with van der Waals surface area (Å²) in [7, 11) is 0. The van der Waals surface area contributed by atoms with Gasteiger partial charge in [-0.2, -0.15) is 0 Å². The van der Waals surface area contributed by atoms with Crippen molar-refractivity contribution in [2.24, 2.45) is 5.92 Å². The van der Waals surface area contributed by atoms with E-state index in [1.807, 2.05) is 19.1 Å². The number of rotatable bonds is 4. The van der Waals surface area contributed by atoms with E-state index >= 15 is 0 Å². The number of anilines is 1. The van der Waals surface area contributed by atoms with E-state index in [2.05, 4.69) is 26.6 Å². The van der Waals surface area contributed by atoms with Crippen molar-refractivity contribution in [3.63, 3.8) is 0 Å². The molecular formula is C12H15BrN2O3. The summed E-state index contributed by atoms with van der Waals surface area (Å²) in [5.74, 6) is -1.55. The second kappa shape index (κ2) is 6.39. The normalized spacial score (nSPS) is 11.7. The van der Waals surface area contributed by atoms with Crippen molar-refractivity contribution < 1.29 is 14.7 Å². The summed E-state index contributed by atoms with van der Waals surface area (Å²) >= 11 is 3.34. The number of carboxylic acid groups (broad SMARTS) is 1. The molecule has 1 atom stereocenters. The molecule has 0 bridgehead atoms. The Bertz CT molecular complexity index is 463. The van der Waals surface area contributed by atoms with Crippen LogP contribution in [-0.4, -0.2) is 23.7 Å². The minimum absolute atomic E-state index is 0.0879. The lowest BCUT2D eigenvalue weighted by atomic mass is 10.2. The number of hydrogen-bond donors (Lipinski definition) is 3. The molecule has 0 saturated heterocycles. The molecule has 18 heavy (non-hydrogen) atoms. The summed E-state index contributed by atoms with van der Waals surface area (Å²) in [6.45, 7) is 3.57. The Kier molecular flexibility index (Phi) is 5.15. The Morgan fingerprint density at radius 1 is 1.44 bits per heavy atom. The highest BCUT2D eigenvalue weighted by Gasteiger charge is 2.12. The standard InChI is InChI=1S/C12H15BrN2O3/c1-7-3-4-10(9(13)5-7)15-12(18)14-6-8(2)11(16)17/h3-5,8H,6H2,1-2H3,(H,16,17)(H2,14,15,18). The predicted molar refractivity (Wildman–Crippen MR) is 72.7 cm³/mol. The first-order valence-electron chi connectivity index (χ1n) is 5.44. The van der Waals surface area contributed by atoms with Gasteiger partial charge in [0.05, 0.1) is 11.6 Å². The van der Waals surface area contributed by atoms with Gasteiger partial charge in [0.25, 0.3) is 0 Å². The maximum Gasteiger partial charge on any atom is 0.319 e. The number of benzene rings is 1. The van der Waals surface area contributed by atoms with Gasteiger partial charge in [-0.05, 0) is 40.5 Å². The molecule has 0 aromatic heterocycles. The minimum Gasteiger partial charge on any atom is -0.481 e. The fraction of sp³-hybridized carbons (Fsp3) is 0.333. The Labute approximate surface area is 114 Å². The number of hydrogen-bond acceptors (Lipinski definition) is 2. The van der Waals surface area contributed by atoms with E-state index in [9.17, 15) is 9.59 Å². The molecule has 6 heteroatoms. The van der Waals surface area contributed by atoms with Gasteiger partial charge >= 0.3 is 12.0 Å². The van der Waals surface area contributed by atoms with E-state index in [1.165, 1.54) is 6.92 Å². The molecule has 3 N–H and O–H groups in total. The van der Waals surface area contributed by atoms with Crippen LogP contribution in [0.2, 0.25) is 0 Å². The molecule has 0 aliphatic rings. The number of carbonyl (C=O) groups excluding carboxylic acids is 1. The molecule has 1 aromatic rings. The predicted octanol–water partition coefficient (Wildman–Crippen LogP) is 2.60. The lowest BCUT2D eigenvalue weighted by molar-refractivity contribution is -0.140. The van der Waals surface area contributed by atoms with Gasteiger partial charge in [0.1, 0.15) is 0 Å². The molecule has 0 aliphatic carbocycles. The molecule has 2 amide bonds. The maximum atomic E-state index is 11.5. The molecule has 1 rings (SSSR count). The van der Waals surface area contributed by atoms with Gasteiger partial charge in [-0.3, -0.25) is 4.79 Å². The monoisotopic (exact) mass is 314 g/mol. The highest BCUT2D eigenvalue weighted by Crippen LogP contribution is 2.23. The van der Waals surface area contributed by atoms with Crippen LogP contribution in [0.4, 0.5) is 10.5 Å². The molecule has 1 unspecified atom stereocenters. The zero-order valence-electron chi connectivity index (χ0n) is 10.2. The molecule has 0 fully saturated rings. The summed E-state index contributed by atoms with van der Waals surface area (Å²) in [5, 5.41) is 13.8. The van der Waals surface area contributed by atoms with Crippen LogP contribution in [0.15, 0.2) is 22.7 Å². The highest BCUT2D eigenvalue weighted by molar-refractivity contribution is 9.10. The summed E-state index contributed by atoms with van der Waals surface area (Å²) < 4.78 is 0.781. The molecule has 0 aliphatic heterocycles. The number of aryl methyl sites for hydroxylation is 1. The van der Waals surface area contributed by atoms with Gasteiger partial charge in [-0.15, -0.1) is 0 Å². The molecule has 0 radical (unpaired) electrons. The van der Waals surface area contributed by atoms with E-state index in [4.69, 9.17) is 5.11 Å². The highest BCUT2D eigenvalue weighted by atomic mass is 79.9. The summed E-state index contributed by atoms with van der Waals surface area (Å²) in [4.78, 5) is 22.1. The van der Waals surface area contributed by atoms with Crippen molar-refractivity contribution in [1.82, 2.24) is 5.32 Å². The fourth-order valence-electron chi connectivity index (χ4n) is 1.22. The van der Waals surface area contributed by atoms with Gasteiger partial charge in [0.2, 0.25) is 0 Å².